The number of carbonyl (C=O) groups is 1. The number of fused-ring (bicyclic) bond motifs is 1. The minimum Gasteiger partial charge on any atom is -0.492 e. The Morgan fingerprint density at radius 1 is 1.28 bits per heavy atom. The number of ether oxygens (including phenoxy) is 2. The van der Waals surface area contributed by atoms with Gasteiger partial charge in [0.05, 0.1) is 5.92 Å². The minimum atomic E-state index is -0.246. The zero-order valence-electron chi connectivity index (χ0n) is 13.5. The van der Waals surface area contributed by atoms with E-state index in [4.69, 9.17) is 26.8 Å². The van der Waals surface area contributed by atoms with Gasteiger partial charge < -0.3 is 20.5 Å². The standard InChI is InChI=1S/C18H19ClN2O3.ClH/c19-14-1-6-17-12(10-14)9-13(11-24-17)18(22)21-15-2-4-16(5-3-15)23-8-7-20;/h1-6,10,13H,7-9,11,20H2,(H,21,22);1H. The summed E-state index contributed by atoms with van der Waals surface area (Å²) in [6.45, 7) is 1.29. The fraction of sp³-hybridized carbons (Fsp3) is 0.278. The van der Waals surface area contributed by atoms with Crippen LogP contribution in [0, 0.1) is 5.92 Å². The SMILES string of the molecule is Cl.NCCOc1ccc(NC(=O)C2COc3ccc(Cl)cc3C2)cc1. The molecular weight excluding hydrogens is 363 g/mol. The fourth-order valence-corrected chi connectivity index (χ4v) is 2.78. The summed E-state index contributed by atoms with van der Waals surface area (Å²) in [4.78, 5) is 12.4. The lowest BCUT2D eigenvalue weighted by Crippen LogP contribution is -2.32. The van der Waals surface area contributed by atoms with E-state index >= 15 is 0 Å². The van der Waals surface area contributed by atoms with Gasteiger partial charge in [-0.05, 0) is 54.4 Å². The Kier molecular flexibility index (Phi) is 6.93. The average Bonchev–Trinajstić information content (AvgIpc) is 2.60. The van der Waals surface area contributed by atoms with Crippen LogP contribution in [0.5, 0.6) is 11.5 Å². The molecule has 0 spiro atoms. The molecule has 0 radical (unpaired) electrons. The van der Waals surface area contributed by atoms with Crippen LogP contribution in [-0.2, 0) is 11.2 Å². The fourth-order valence-electron chi connectivity index (χ4n) is 2.59. The maximum atomic E-state index is 12.4. The summed E-state index contributed by atoms with van der Waals surface area (Å²) in [6.07, 6.45) is 0.611. The highest BCUT2D eigenvalue weighted by molar-refractivity contribution is 6.30. The second kappa shape index (κ2) is 8.94. The molecule has 0 saturated carbocycles. The Hall–Kier alpha value is -1.95. The van der Waals surface area contributed by atoms with E-state index in [2.05, 4.69) is 5.32 Å². The summed E-state index contributed by atoms with van der Waals surface area (Å²) in [6, 6.07) is 12.7. The number of rotatable bonds is 5. The highest BCUT2D eigenvalue weighted by Crippen LogP contribution is 2.30. The maximum Gasteiger partial charge on any atom is 0.231 e. The van der Waals surface area contributed by atoms with Crippen LogP contribution in [-0.4, -0.2) is 25.7 Å². The van der Waals surface area contributed by atoms with E-state index in [1.54, 1.807) is 30.3 Å². The molecule has 1 aliphatic rings. The zero-order chi connectivity index (χ0) is 16.9. The zero-order valence-corrected chi connectivity index (χ0v) is 15.1. The van der Waals surface area contributed by atoms with Gasteiger partial charge in [0, 0.05) is 17.3 Å². The first-order valence-electron chi connectivity index (χ1n) is 7.81. The average molecular weight is 383 g/mol. The first kappa shape index (κ1) is 19.4. The van der Waals surface area contributed by atoms with Crippen molar-refractivity contribution in [3.05, 3.63) is 53.1 Å². The Morgan fingerprint density at radius 2 is 2.04 bits per heavy atom. The predicted octanol–water partition coefficient (Wildman–Crippen LogP) is 3.29. The summed E-state index contributed by atoms with van der Waals surface area (Å²) >= 11 is 6.01. The number of amides is 1. The third-order valence-electron chi connectivity index (χ3n) is 3.81. The number of halogens is 2. The van der Waals surface area contributed by atoms with E-state index in [1.165, 1.54) is 0 Å². The number of carbonyl (C=O) groups excluding carboxylic acids is 1. The molecule has 1 heterocycles. The van der Waals surface area contributed by atoms with Gasteiger partial charge in [-0.15, -0.1) is 12.4 Å². The van der Waals surface area contributed by atoms with Gasteiger partial charge in [0.15, 0.2) is 0 Å². The summed E-state index contributed by atoms with van der Waals surface area (Å²) in [5.41, 5.74) is 7.07. The van der Waals surface area contributed by atoms with E-state index < -0.39 is 0 Å². The first-order valence-corrected chi connectivity index (χ1v) is 8.18. The molecule has 7 heteroatoms. The number of nitrogens with one attached hydrogen (secondary N) is 1. The van der Waals surface area contributed by atoms with Gasteiger partial charge >= 0.3 is 0 Å². The van der Waals surface area contributed by atoms with Gasteiger partial charge in [-0.3, -0.25) is 4.79 Å². The lowest BCUT2D eigenvalue weighted by molar-refractivity contribution is -0.121. The topological polar surface area (TPSA) is 73.6 Å². The normalized spacial score (nSPS) is 15.4. The van der Waals surface area contributed by atoms with Crippen LogP contribution in [0.4, 0.5) is 5.69 Å². The van der Waals surface area contributed by atoms with Crippen molar-refractivity contribution in [3.63, 3.8) is 0 Å². The van der Waals surface area contributed by atoms with Crippen LogP contribution in [0.15, 0.2) is 42.5 Å². The molecule has 1 unspecified atom stereocenters. The molecule has 0 aliphatic carbocycles. The first-order chi connectivity index (χ1) is 11.7. The molecule has 1 atom stereocenters. The van der Waals surface area contributed by atoms with Crippen LogP contribution >= 0.6 is 24.0 Å². The molecule has 0 aromatic heterocycles. The number of benzene rings is 2. The largest absolute Gasteiger partial charge is 0.492 e. The van der Waals surface area contributed by atoms with Gasteiger partial charge in [0.25, 0.3) is 0 Å². The molecule has 3 rings (SSSR count). The highest BCUT2D eigenvalue weighted by Gasteiger charge is 2.26. The van der Waals surface area contributed by atoms with Crippen molar-refractivity contribution in [2.75, 3.05) is 25.1 Å². The van der Waals surface area contributed by atoms with Crippen molar-refractivity contribution in [2.45, 2.75) is 6.42 Å². The van der Waals surface area contributed by atoms with Crippen molar-refractivity contribution in [3.8, 4) is 11.5 Å². The van der Waals surface area contributed by atoms with E-state index in [0.29, 0.717) is 31.2 Å². The van der Waals surface area contributed by atoms with Crippen LogP contribution in [0.2, 0.25) is 5.02 Å². The molecule has 0 bridgehead atoms. The molecule has 3 N–H and O–H groups in total. The van der Waals surface area contributed by atoms with Crippen LogP contribution in [0.25, 0.3) is 0 Å². The van der Waals surface area contributed by atoms with Gasteiger partial charge in [0.2, 0.25) is 5.91 Å². The van der Waals surface area contributed by atoms with Crippen molar-refractivity contribution >= 4 is 35.6 Å². The molecule has 0 fully saturated rings. The summed E-state index contributed by atoms with van der Waals surface area (Å²) in [5.74, 6) is 1.20. The van der Waals surface area contributed by atoms with Gasteiger partial charge in [-0.25, -0.2) is 0 Å². The molecule has 0 saturated heterocycles. The van der Waals surface area contributed by atoms with Gasteiger partial charge in [0.1, 0.15) is 24.7 Å². The van der Waals surface area contributed by atoms with E-state index in [9.17, 15) is 4.79 Å². The van der Waals surface area contributed by atoms with E-state index in [0.717, 1.165) is 22.7 Å². The van der Waals surface area contributed by atoms with Crippen molar-refractivity contribution in [1.82, 2.24) is 0 Å². The number of anilines is 1. The summed E-state index contributed by atoms with van der Waals surface area (Å²) in [7, 11) is 0. The second-order valence-corrected chi connectivity index (χ2v) is 6.05. The lowest BCUT2D eigenvalue weighted by Gasteiger charge is -2.24. The molecule has 1 aliphatic heterocycles. The Morgan fingerprint density at radius 3 is 2.76 bits per heavy atom. The third-order valence-corrected chi connectivity index (χ3v) is 4.04. The van der Waals surface area contributed by atoms with Crippen LogP contribution < -0.4 is 20.5 Å². The molecular formula is C18H20Cl2N2O3. The molecule has 5 nitrogen and oxygen atoms in total. The molecule has 25 heavy (non-hydrogen) atoms. The van der Waals surface area contributed by atoms with Gasteiger partial charge in [-0.1, -0.05) is 11.6 Å². The molecule has 1 amide bonds. The number of hydrogen-bond donors (Lipinski definition) is 2. The smallest absolute Gasteiger partial charge is 0.231 e. The van der Waals surface area contributed by atoms with Crippen LogP contribution in [0.1, 0.15) is 5.56 Å². The second-order valence-electron chi connectivity index (χ2n) is 5.61. The summed E-state index contributed by atoms with van der Waals surface area (Å²) < 4.78 is 11.1. The van der Waals surface area contributed by atoms with Crippen molar-refractivity contribution < 1.29 is 14.3 Å². The Bertz CT molecular complexity index is 723. The molecule has 2 aromatic carbocycles. The van der Waals surface area contributed by atoms with Crippen molar-refractivity contribution in [2.24, 2.45) is 11.7 Å². The lowest BCUT2D eigenvalue weighted by atomic mass is 9.96. The monoisotopic (exact) mass is 382 g/mol. The third kappa shape index (κ3) is 5.01. The van der Waals surface area contributed by atoms with Crippen molar-refractivity contribution in [1.29, 1.82) is 0 Å². The Balaban J connectivity index is 0.00000225. The van der Waals surface area contributed by atoms with Crippen LogP contribution in [0.3, 0.4) is 0 Å². The Labute approximate surface area is 157 Å². The van der Waals surface area contributed by atoms with E-state index in [1.807, 2.05) is 12.1 Å². The molecule has 2 aromatic rings. The number of nitrogens with two attached hydrogens (primary N) is 1. The summed E-state index contributed by atoms with van der Waals surface area (Å²) in [5, 5.41) is 3.55. The maximum absolute atomic E-state index is 12.4. The predicted molar refractivity (Wildman–Crippen MR) is 101 cm³/mol. The highest BCUT2D eigenvalue weighted by atomic mass is 35.5. The minimum absolute atomic E-state index is 0. The van der Waals surface area contributed by atoms with Gasteiger partial charge in [-0.2, -0.15) is 0 Å². The molecule has 134 valence electrons. The van der Waals surface area contributed by atoms with E-state index in [-0.39, 0.29) is 24.2 Å². The quantitative estimate of drug-likeness (QED) is 0.831. The number of hydrogen-bond acceptors (Lipinski definition) is 4.